The lowest BCUT2D eigenvalue weighted by molar-refractivity contribution is -0.137. The molecular weight excluding hydrogens is 565 g/mol. The Morgan fingerprint density at radius 2 is 1.86 bits per heavy atom. The standard InChI is InChI=1S/C30H27F3N6O4/c1-3-23-26(21-7-5-6-8-22(21)35-24(40)4-2)28(42)39-29(36-27(37-39)18-13-15-43-16-14-18)38(23)17-25(41)34-20-11-9-19(10-12-20)30(31,32)33/h4-13H,2-3,14-17H2,1H3,(H,34,41)(H,35,40). The second-order valence-corrected chi connectivity index (χ2v) is 9.63. The van der Waals surface area contributed by atoms with Gasteiger partial charge in [-0.25, -0.2) is 0 Å². The van der Waals surface area contributed by atoms with Gasteiger partial charge in [-0.2, -0.15) is 22.7 Å². The van der Waals surface area contributed by atoms with Crippen molar-refractivity contribution >= 4 is 34.5 Å². The number of carbonyl (C=O) groups excluding carboxylic acids is 2. The van der Waals surface area contributed by atoms with E-state index in [1.807, 2.05) is 13.0 Å². The number of hydrogen-bond acceptors (Lipinski definition) is 6. The molecule has 10 nitrogen and oxygen atoms in total. The van der Waals surface area contributed by atoms with Crippen LogP contribution < -0.4 is 16.2 Å². The van der Waals surface area contributed by atoms with Crippen LogP contribution in [0, 0.1) is 0 Å². The summed E-state index contributed by atoms with van der Waals surface area (Å²) in [6, 6.07) is 10.8. The zero-order valence-electron chi connectivity index (χ0n) is 23.1. The zero-order chi connectivity index (χ0) is 30.7. The molecule has 0 atom stereocenters. The summed E-state index contributed by atoms with van der Waals surface area (Å²) in [5.41, 5.74) is 1.01. The Bertz CT molecular complexity index is 1810. The summed E-state index contributed by atoms with van der Waals surface area (Å²) in [5, 5.41) is 9.83. The molecule has 2 amide bonds. The number of rotatable bonds is 8. The molecule has 2 aromatic heterocycles. The van der Waals surface area contributed by atoms with Gasteiger partial charge in [0.05, 0.1) is 24.3 Å². The van der Waals surface area contributed by atoms with Gasteiger partial charge < -0.3 is 19.9 Å². The van der Waals surface area contributed by atoms with Gasteiger partial charge in [0.2, 0.25) is 17.6 Å². The highest BCUT2D eigenvalue weighted by Crippen LogP contribution is 2.31. The molecule has 0 saturated carbocycles. The summed E-state index contributed by atoms with van der Waals surface area (Å²) in [4.78, 5) is 44.1. The molecule has 4 aromatic rings. The molecule has 0 spiro atoms. The number of ether oxygens (including phenoxy) is 1. The van der Waals surface area contributed by atoms with Gasteiger partial charge in [0.1, 0.15) is 6.54 Å². The molecule has 1 aliphatic rings. The van der Waals surface area contributed by atoms with E-state index in [0.717, 1.165) is 28.3 Å². The number of benzene rings is 2. The first-order valence-electron chi connectivity index (χ1n) is 13.4. The molecule has 1 aliphatic heterocycles. The molecule has 0 aliphatic carbocycles. The quantitative estimate of drug-likeness (QED) is 0.286. The highest BCUT2D eigenvalue weighted by molar-refractivity contribution is 6.02. The van der Waals surface area contributed by atoms with Crippen molar-refractivity contribution in [2.24, 2.45) is 0 Å². The van der Waals surface area contributed by atoms with Crippen LogP contribution in [0.2, 0.25) is 0 Å². The maximum Gasteiger partial charge on any atom is 0.416 e. The molecule has 5 rings (SSSR count). The summed E-state index contributed by atoms with van der Waals surface area (Å²) < 4.78 is 47.0. The third-order valence-electron chi connectivity index (χ3n) is 6.87. The summed E-state index contributed by atoms with van der Waals surface area (Å²) >= 11 is 0. The molecular formula is C30H27F3N6O4. The smallest absolute Gasteiger partial charge is 0.377 e. The van der Waals surface area contributed by atoms with Crippen molar-refractivity contribution in [1.29, 1.82) is 0 Å². The monoisotopic (exact) mass is 592 g/mol. The number of anilines is 2. The normalized spacial score (nSPS) is 13.4. The number of fused-ring (bicyclic) bond motifs is 1. The Balaban J connectivity index is 1.64. The molecule has 0 bridgehead atoms. The van der Waals surface area contributed by atoms with E-state index < -0.39 is 29.1 Å². The van der Waals surface area contributed by atoms with Crippen LogP contribution in [-0.4, -0.2) is 44.2 Å². The predicted octanol–water partition coefficient (Wildman–Crippen LogP) is 4.71. The third kappa shape index (κ3) is 6.11. The summed E-state index contributed by atoms with van der Waals surface area (Å²) in [5.74, 6) is -0.612. The topological polar surface area (TPSA) is 120 Å². The number of nitrogens with one attached hydrogen (secondary N) is 2. The first-order chi connectivity index (χ1) is 20.6. The van der Waals surface area contributed by atoms with Gasteiger partial charge in [-0.15, -0.1) is 5.10 Å². The Morgan fingerprint density at radius 3 is 2.51 bits per heavy atom. The van der Waals surface area contributed by atoms with E-state index in [1.165, 1.54) is 12.1 Å². The lowest BCUT2D eigenvalue weighted by Gasteiger charge is -2.19. The summed E-state index contributed by atoms with van der Waals surface area (Å²) in [7, 11) is 0. The average Bonchev–Trinajstić information content (AvgIpc) is 3.45. The van der Waals surface area contributed by atoms with E-state index in [-0.39, 0.29) is 30.0 Å². The maximum atomic E-state index is 14.0. The van der Waals surface area contributed by atoms with E-state index in [1.54, 1.807) is 28.8 Å². The molecule has 43 heavy (non-hydrogen) atoms. The van der Waals surface area contributed by atoms with Crippen LogP contribution in [0.1, 0.15) is 30.4 Å². The van der Waals surface area contributed by atoms with Crippen molar-refractivity contribution in [3.05, 3.63) is 94.7 Å². The highest BCUT2D eigenvalue weighted by atomic mass is 19.4. The minimum Gasteiger partial charge on any atom is -0.377 e. The Hall–Kier alpha value is -5.04. The second kappa shape index (κ2) is 12.1. The second-order valence-electron chi connectivity index (χ2n) is 9.63. The van der Waals surface area contributed by atoms with E-state index in [4.69, 9.17) is 4.74 Å². The van der Waals surface area contributed by atoms with Crippen molar-refractivity contribution in [3.63, 3.8) is 0 Å². The van der Waals surface area contributed by atoms with Crippen LogP contribution in [0.15, 0.2) is 72.1 Å². The summed E-state index contributed by atoms with van der Waals surface area (Å²) in [6.45, 7) is 5.79. The van der Waals surface area contributed by atoms with Crippen LogP contribution in [0.4, 0.5) is 24.5 Å². The van der Waals surface area contributed by atoms with Crippen molar-refractivity contribution in [2.75, 3.05) is 23.8 Å². The fourth-order valence-corrected chi connectivity index (χ4v) is 4.85. The van der Waals surface area contributed by atoms with Crippen molar-refractivity contribution < 1.29 is 27.5 Å². The number of nitrogens with zero attached hydrogens (tertiary/aromatic N) is 4. The minimum atomic E-state index is -4.51. The molecule has 2 N–H and O–H groups in total. The molecule has 13 heteroatoms. The van der Waals surface area contributed by atoms with Crippen LogP contribution in [0.25, 0.3) is 22.5 Å². The van der Waals surface area contributed by atoms with Gasteiger partial charge in [-0.3, -0.25) is 14.4 Å². The maximum absolute atomic E-state index is 14.0. The molecule has 0 radical (unpaired) electrons. The lowest BCUT2D eigenvalue weighted by atomic mass is 10.0. The number of amides is 2. The third-order valence-corrected chi connectivity index (χ3v) is 6.87. The Kier molecular flexibility index (Phi) is 8.26. The first-order valence-corrected chi connectivity index (χ1v) is 13.4. The van der Waals surface area contributed by atoms with Crippen LogP contribution in [-0.2, 0) is 33.5 Å². The number of alkyl halides is 3. The fourth-order valence-electron chi connectivity index (χ4n) is 4.85. The number of carbonyl (C=O) groups is 2. The van der Waals surface area contributed by atoms with Gasteiger partial charge in [0.15, 0.2) is 5.82 Å². The number of para-hydroxylation sites is 1. The van der Waals surface area contributed by atoms with Gasteiger partial charge in [0.25, 0.3) is 5.56 Å². The summed E-state index contributed by atoms with van der Waals surface area (Å²) in [6.07, 6.45) is -0.758. The van der Waals surface area contributed by atoms with E-state index in [0.29, 0.717) is 42.4 Å². The molecule has 2 aromatic carbocycles. The minimum absolute atomic E-state index is 0.114. The fraction of sp³-hybridized carbons (Fsp3) is 0.233. The van der Waals surface area contributed by atoms with Crippen molar-refractivity contribution in [1.82, 2.24) is 19.2 Å². The SMILES string of the molecule is C=CC(=O)Nc1ccccc1-c1c(CC)n(CC(=O)Nc2ccc(C(F)(F)F)cc2)c2nc(C3=CCOCC3)nn2c1=O. The van der Waals surface area contributed by atoms with Crippen LogP contribution in [0.3, 0.4) is 0 Å². The van der Waals surface area contributed by atoms with E-state index in [2.05, 4.69) is 27.3 Å². The number of aromatic nitrogens is 4. The largest absolute Gasteiger partial charge is 0.416 e. The Morgan fingerprint density at radius 1 is 1.12 bits per heavy atom. The Labute approximate surface area is 243 Å². The van der Waals surface area contributed by atoms with Gasteiger partial charge >= 0.3 is 6.18 Å². The lowest BCUT2D eigenvalue weighted by Crippen LogP contribution is -2.29. The number of hydrogen-bond donors (Lipinski definition) is 2. The number of halogens is 3. The molecule has 0 unspecified atom stereocenters. The average molecular weight is 593 g/mol. The van der Waals surface area contributed by atoms with Crippen LogP contribution in [0.5, 0.6) is 0 Å². The molecule has 0 saturated heterocycles. The van der Waals surface area contributed by atoms with E-state index in [9.17, 15) is 27.6 Å². The van der Waals surface area contributed by atoms with Gasteiger partial charge in [0, 0.05) is 22.6 Å². The predicted molar refractivity (Wildman–Crippen MR) is 154 cm³/mol. The molecule has 222 valence electrons. The zero-order valence-corrected chi connectivity index (χ0v) is 23.1. The van der Waals surface area contributed by atoms with Crippen molar-refractivity contribution in [3.8, 4) is 11.1 Å². The van der Waals surface area contributed by atoms with Crippen LogP contribution >= 0.6 is 0 Å². The van der Waals surface area contributed by atoms with Gasteiger partial charge in [-0.05, 0) is 54.8 Å². The first kappa shape index (κ1) is 29.5. The highest BCUT2D eigenvalue weighted by Gasteiger charge is 2.30. The van der Waals surface area contributed by atoms with Gasteiger partial charge in [-0.1, -0.05) is 37.8 Å². The van der Waals surface area contributed by atoms with Crippen molar-refractivity contribution in [2.45, 2.75) is 32.5 Å². The molecule has 3 heterocycles. The van der Waals surface area contributed by atoms with E-state index >= 15 is 0 Å². The molecule has 0 fully saturated rings.